The Labute approximate surface area is 266 Å². The standard InChI is InChI=1S/C31H57NO13/c1-3-5-7-8-9-10-11-12-13-14-20(35)19(32-23(36)15-6-4-2)18-42-30-28(41)26(39)29(22(17-34)44-30)45-31-27(40)25(38)24(37)21(16-33)43-31/h13-14,19-22,24-31,33-35,37-41H,3-12,15-18H2,1-2H3,(H,32,36)/b14-13+. The van der Waals surface area contributed by atoms with Crippen LogP contribution in [0.5, 0.6) is 0 Å². The van der Waals surface area contributed by atoms with Crippen LogP contribution >= 0.6 is 0 Å². The fraction of sp³-hybridized carbons (Fsp3) is 0.903. The zero-order valence-electron chi connectivity index (χ0n) is 26.6. The highest BCUT2D eigenvalue weighted by Gasteiger charge is 2.50. The molecule has 264 valence electrons. The van der Waals surface area contributed by atoms with Gasteiger partial charge in [0.15, 0.2) is 12.6 Å². The van der Waals surface area contributed by atoms with Gasteiger partial charge in [-0.2, -0.15) is 0 Å². The highest BCUT2D eigenvalue weighted by Crippen LogP contribution is 2.29. The van der Waals surface area contributed by atoms with Crippen molar-refractivity contribution in [2.45, 2.75) is 158 Å². The first-order valence-electron chi connectivity index (χ1n) is 16.4. The van der Waals surface area contributed by atoms with Crippen molar-refractivity contribution in [2.24, 2.45) is 0 Å². The predicted octanol–water partition coefficient (Wildman–Crippen LogP) is -0.640. The number of hydrogen-bond donors (Lipinski definition) is 9. The Balaban J connectivity index is 2.00. The van der Waals surface area contributed by atoms with Crippen LogP contribution in [0.2, 0.25) is 0 Å². The van der Waals surface area contributed by atoms with Crippen molar-refractivity contribution >= 4 is 5.91 Å². The Hall–Kier alpha value is -1.27. The summed E-state index contributed by atoms with van der Waals surface area (Å²) in [6.07, 6.45) is -2.82. The van der Waals surface area contributed by atoms with Gasteiger partial charge in [0.05, 0.1) is 32.0 Å². The second kappa shape index (κ2) is 21.6. The molecule has 0 aromatic carbocycles. The van der Waals surface area contributed by atoms with E-state index < -0.39 is 86.8 Å². The van der Waals surface area contributed by atoms with Crippen molar-refractivity contribution in [3.63, 3.8) is 0 Å². The van der Waals surface area contributed by atoms with Crippen LogP contribution in [0.4, 0.5) is 0 Å². The minimum atomic E-state index is -1.78. The van der Waals surface area contributed by atoms with Gasteiger partial charge in [0.25, 0.3) is 0 Å². The monoisotopic (exact) mass is 651 g/mol. The molecule has 0 aromatic rings. The van der Waals surface area contributed by atoms with Crippen molar-refractivity contribution < 1.29 is 64.6 Å². The molecule has 0 radical (unpaired) electrons. The lowest BCUT2D eigenvalue weighted by molar-refractivity contribution is -0.359. The summed E-state index contributed by atoms with van der Waals surface area (Å²) < 4.78 is 22.2. The molecule has 9 N–H and O–H groups in total. The van der Waals surface area contributed by atoms with Gasteiger partial charge in [-0.15, -0.1) is 0 Å². The molecule has 2 saturated heterocycles. The van der Waals surface area contributed by atoms with Crippen LogP contribution in [0.1, 0.15) is 84.5 Å². The summed E-state index contributed by atoms with van der Waals surface area (Å²) in [4.78, 5) is 12.5. The van der Waals surface area contributed by atoms with E-state index in [-0.39, 0.29) is 18.9 Å². The van der Waals surface area contributed by atoms with Crippen molar-refractivity contribution in [3.05, 3.63) is 12.2 Å². The molecular weight excluding hydrogens is 594 g/mol. The minimum absolute atomic E-state index is 0.256. The molecule has 2 aliphatic heterocycles. The van der Waals surface area contributed by atoms with Gasteiger partial charge in [0, 0.05) is 6.42 Å². The summed E-state index contributed by atoms with van der Waals surface area (Å²) in [5.41, 5.74) is 0. The smallest absolute Gasteiger partial charge is 0.220 e. The Morgan fingerprint density at radius 1 is 0.778 bits per heavy atom. The van der Waals surface area contributed by atoms with E-state index in [2.05, 4.69) is 12.2 Å². The maximum Gasteiger partial charge on any atom is 0.220 e. The number of aliphatic hydroxyl groups excluding tert-OH is 8. The first kappa shape index (κ1) is 39.9. The normalized spacial score (nSPS) is 33.7. The van der Waals surface area contributed by atoms with E-state index in [1.54, 1.807) is 6.08 Å². The Kier molecular flexibility index (Phi) is 19.1. The number of aliphatic hydroxyl groups is 8. The first-order valence-corrected chi connectivity index (χ1v) is 16.4. The molecule has 12 atom stereocenters. The van der Waals surface area contributed by atoms with E-state index in [9.17, 15) is 45.6 Å². The average molecular weight is 652 g/mol. The number of carbonyl (C=O) groups excluding carboxylic acids is 1. The zero-order chi connectivity index (χ0) is 33.4. The molecule has 0 spiro atoms. The van der Waals surface area contributed by atoms with E-state index in [4.69, 9.17) is 18.9 Å². The number of rotatable bonds is 21. The van der Waals surface area contributed by atoms with Crippen LogP contribution in [0, 0.1) is 0 Å². The van der Waals surface area contributed by atoms with E-state index in [0.717, 1.165) is 25.7 Å². The highest BCUT2D eigenvalue weighted by atomic mass is 16.7. The van der Waals surface area contributed by atoms with Crippen molar-refractivity contribution in [3.8, 4) is 0 Å². The van der Waals surface area contributed by atoms with Crippen LogP contribution in [-0.4, -0.2) is 140 Å². The van der Waals surface area contributed by atoms with Crippen LogP contribution < -0.4 is 5.32 Å². The first-order chi connectivity index (χ1) is 21.6. The summed E-state index contributed by atoms with van der Waals surface area (Å²) in [5, 5.41) is 85.0. The number of carbonyl (C=O) groups is 1. The molecule has 0 bridgehead atoms. The van der Waals surface area contributed by atoms with Gasteiger partial charge in [0.2, 0.25) is 5.91 Å². The van der Waals surface area contributed by atoms with E-state index in [0.29, 0.717) is 6.42 Å². The number of amides is 1. The topological polar surface area (TPSA) is 228 Å². The second-order valence-electron chi connectivity index (χ2n) is 11.9. The number of unbranched alkanes of at least 4 members (excludes halogenated alkanes) is 8. The van der Waals surface area contributed by atoms with Crippen molar-refractivity contribution in [1.82, 2.24) is 5.32 Å². The van der Waals surface area contributed by atoms with Crippen LogP contribution in [0.3, 0.4) is 0 Å². The fourth-order valence-electron chi connectivity index (χ4n) is 5.32. The van der Waals surface area contributed by atoms with E-state index in [1.165, 1.54) is 32.1 Å². The molecule has 0 aromatic heterocycles. The lowest BCUT2D eigenvalue weighted by Gasteiger charge is -2.46. The molecule has 2 fully saturated rings. The van der Waals surface area contributed by atoms with Gasteiger partial charge in [0.1, 0.15) is 48.8 Å². The van der Waals surface area contributed by atoms with Gasteiger partial charge in [-0.1, -0.05) is 70.9 Å². The summed E-state index contributed by atoms with van der Waals surface area (Å²) in [7, 11) is 0. The minimum Gasteiger partial charge on any atom is -0.394 e. The molecule has 45 heavy (non-hydrogen) atoms. The predicted molar refractivity (Wildman–Crippen MR) is 162 cm³/mol. The summed E-state index contributed by atoms with van der Waals surface area (Å²) in [5.74, 6) is -0.281. The molecule has 14 heteroatoms. The molecule has 12 unspecified atom stereocenters. The number of allylic oxidation sites excluding steroid dienone is 1. The largest absolute Gasteiger partial charge is 0.394 e. The third-order valence-corrected chi connectivity index (χ3v) is 8.22. The Morgan fingerprint density at radius 2 is 1.38 bits per heavy atom. The molecule has 2 heterocycles. The Bertz CT molecular complexity index is 831. The maximum absolute atomic E-state index is 12.5. The maximum atomic E-state index is 12.5. The molecule has 2 rings (SSSR count). The molecule has 0 saturated carbocycles. The summed E-state index contributed by atoms with van der Waals surface area (Å²) in [6, 6.07) is -0.900. The third-order valence-electron chi connectivity index (χ3n) is 8.22. The van der Waals surface area contributed by atoms with Gasteiger partial charge in [-0.05, 0) is 19.3 Å². The van der Waals surface area contributed by atoms with Crippen molar-refractivity contribution in [2.75, 3.05) is 19.8 Å². The van der Waals surface area contributed by atoms with Gasteiger partial charge in [-0.25, -0.2) is 0 Å². The highest BCUT2D eigenvalue weighted by molar-refractivity contribution is 5.76. The summed E-state index contributed by atoms with van der Waals surface area (Å²) >= 11 is 0. The zero-order valence-corrected chi connectivity index (χ0v) is 26.6. The number of hydrogen-bond acceptors (Lipinski definition) is 13. The third kappa shape index (κ3) is 12.7. The average Bonchev–Trinajstić information content (AvgIpc) is 3.03. The fourth-order valence-corrected chi connectivity index (χ4v) is 5.32. The van der Waals surface area contributed by atoms with Crippen LogP contribution in [0.25, 0.3) is 0 Å². The molecule has 2 aliphatic rings. The van der Waals surface area contributed by atoms with Crippen molar-refractivity contribution in [1.29, 1.82) is 0 Å². The quantitative estimate of drug-likeness (QED) is 0.0557. The van der Waals surface area contributed by atoms with Gasteiger partial charge in [-0.3, -0.25) is 4.79 Å². The SMILES string of the molecule is CCCCCCCCC/C=C/C(O)C(COC1OC(CO)C(OC2OC(CO)C(O)C(O)C2O)C(O)C1O)NC(=O)CCCC. The molecule has 14 nitrogen and oxygen atoms in total. The van der Waals surface area contributed by atoms with Gasteiger partial charge >= 0.3 is 0 Å². The molecular formula is C31H57NO13. The molecule has 1 amide bonds. The van der Waals surface area contributed by atoms with Gasteiger partial charge < -0.3 is 65.1 Å². The number of ether oxygens (including phenoxy) is 4. The molecule has 0 aliphatic carbocycles. The van der Waals surface area contributed by atoms with E-state index in [1.807, 2.05) is 13.0 Å². The number of nitrogens with one attached hydrogen (secondary N) is 1. The lowest BCUT2D eigenvalue weighted by Crippen LogP contribution is -2.65. The Morgan fingerprint density at radius 3 is 2.02 bits per heavy atom. The second-order valence-corrected chi connectivity index (χ2v) is 11.9. The van der Waals surface area contributed by atoms with Crippen LogP contribution in [0.15, 0.2) is 12.2 Å². The van der Waals surface area contributed by atoms with E-state index >= 15 is 0 Å². The van der Waals surface area contributed by atoms with Crippen LogP contribution in [-0.2, 0) is 23.7 Å². The summed E-state index contributed by atoms with van der Waals surface area (Å²) in [6.45, 7) is 2.42. The lowest BCUT2D eigenvalue weighted by atomic mass is 9.97.